The van der Waals surface area contributed by atoms with Crippen molar-refractivity contribution in [1.82, 2.24) is 9.97 Å². The van der Waals surface area contributed by atoms with Crippen molar-refractivity contribution in [2.75, 3.05) is 35.2 Å². The van der Waals surface area contributed by atoms with Gasteiger partial charge in [-0.25, -0.2) is 4.98 Å². The lowest BCUT2D eigenvalue weighted by Gasteiger charge is -2.08. The van der Waals surface area contributed by atoms with Gasteiger partial charge in [-0.05, 0) is 19.9 Å². The molecule has 7 heteroatoms. The Kier molecular flexibility index (Phi) is 5.31. The third kappa shape index (κ3) is 3.67. The fourth-order valence-corrected chi connectivity index (χ4v) is 3.34. The summed E-state index contributed by atoms with van der Waals surface area (Å²) in [6, 6.07) is 2.09. The van der Waals surface area contributed by atoms with Crippen LogP contribution < -0.4 is 10.6 Å². The summed E-state index contributed by atoms with van der Waals surface area (Å²) in [5.74, 6) is 2.80. The highest BCUT2D eigenvalue weighted by Gasteiger charge is 2.10. The van der Waals surface area contributed by atoms with Crippen LogP contribution >= 0.6 is 11.3 Å². The van der Waals surface area contributed by atoms with Crippen LogP contribution in [0.25, 0.3) is 10.2 Å². The minimum atomic E-state index is -0.757. The predicted molar refractivity (Wildman–Crippen MR) is 88.4 cm³/mol. The van der Waals surface area contributed by atoms with Gasteiger partial charge < -0.3 is 10.6 Å². The summed E-state index contributed by atoms with van der Waals surface area (Å²) in [7, 11) is -0.757. The largest absolute Gasteiger partial charge is 0.368 e. The van der Waals surface area contributed by atoms with Crippen molar-refractivity contribution in [3.05, 3.63) is 10.9 Å². The molecule has 2 aromatic rings. The maximum Gasteiger partial charge on any atom is 0.226 e. The first kappa shape index (κ1) is 15.2. The average Bonchev–Trinajstić information content (AvgIpc) is 2.79. The third-order valence-electron chi connectivity index (χ3n) is 2.79. The van der Waals surface area contributed by atoms with E-state index in [1.165, 1.54) is 4.88 Å². The number of rotatable bonds is 7. The van der Waals surface area contributed by atoms with E-state index < -0.39 is 10.8 Å². The number of thiophene rings is 1. The molecule has 0 aromatic carbocycles. The number of hydrogen-bond donors (Lipinski definition) is 2. The third-order valence-corrected chi connectivity index (χ3v) is 5.04. The van der Waals surface area contributed by atoms with Crippen LogP contribution in [-0.4, -0.2) is 38.8 Å². The number of aryl methyl sites for hydroxylation is 1. The average molecular weight is 312 g/mol. The molecule has 1 atom stereocenters. The molecule has 0 radical (unpaired) electrons. The molecule has 0 aliphatic rings. The Labute approximate surface area is 125 Å². The molecule has 2 aromatic heterocycles. The quantitative estimate of drug-likeness (QED) is 0.822. The summed E-state index contributed by atoms with van der Waals surface area (Å²) in [6.45, 7) is 7.46. The molecule has 1 unspecified atom stereocenters. The molecule has 2 N–H and O–H groups in total. The monoisotopic (exact) mass is 312 g/mol. The van der Waals surface area contributed by atoms with Crippen molar-refractivity contribution in [1.29, 1.82) is 0 Å². The normalized spacial score (nSPS) is 12.6. The molecule has 20 heavy (non-hydrogen) atoms. The summed E-state index contributed by atoms with van der Waals surface area (Å²) in [5, 5.41) is 7.47. The molecule has 0 amide bonds. The van der Waals surface area contributed by atoms with Crippen molar-refractivity contribution in [2.45, 2.75) is 20.8 Å². The molecular formula is C13H20N4OS2. The topological polar surface area (TPSA) is 66.9 Å². The highest BCUT2D eigenvalue weighted by Crippen LogP contribution is 2.29. The van der Waals surface area contributed by atoms with Gasteiger partial charge in [0.25, 0.3) is 0 Å². The molecule has 2 rings (SSSR count). The van der Waals surface area contributed by atoms with Gasteiger partial charge in [0.15, 0.2) is 0 Å². The highest BCUT2D eigenvalue weighted by atomic mass is 32.2. The van der Waals surface area contributed by atoms with E-state index in [-0.39, 0.29) is 0 Å². The lowest BCUT2D eigenvalue weighted by molar-refractivity contribution is 0.684. The van der Waals surface area contributed by atoms with E-state index in [0.29, 0.717) is 24.0 Å². The molecule has 5 nitrogen and oxygen atoms in total. The van der Waals surface area contributed by atoms with E-state index in [2.05, 4.69) is 33.6 Å². The summed E-state index contributed by atoms with van der Waals surface area (Å²) >= 11 is 1.66. The van der Waals surface area contributed by atoms with E-state index in [1.54, 1.807) is 11.3 Å². The van der Waals surface area contributed by atoms with E-state index >= 15 is 0 Å². The van der Waals surface area contributed by atoms with Gasteiger partial charge in [-0.15, -0.1) is 11.3 Å². The highest BCUT2D eigenvalue weighted by molar-refractivity contribution is 7.84. The van der Waals surface area contributed by atoms with Crippen LogP contribution in [0.5, 0.6) is 0 Å². The van der Waals surface area contributed by atoms with Crippen molar-refractivity contribution in [3.8, 4) is 0 Å². The van der Waals surface area contributed by atoms with Crippen LogP contribution in [0, 0.1) is 6.92 Å². The molecule has 2 heterocycles. The van der Waals surface area contributed by atoms with Crippen LogP contribution in [0.1, 0.15) is 18.7 Å². The molecule has 0 fully saturated rings. The summed E-state index contributed by atoms with van der Waals surface area (Å²) in [5.41, 5.74) is 0. The van der Waals surface area contributed by atoms with E-state index in [1.807, 2.05) is 13.8 Å². The Morgan fingerprint density at radius 3 is 2.80 bits per heavy atom. The molecular weight excluding hydrogens is 292 g/mol. The molecule has 0 saturated carbocycles. The maximum atomic E-state index is 11.5. The molecule has 0 aliphatic carbocycles. The molecule has 110 valence electrons. The Morgan fingerprint density at radius 2 is 2.10 bits per heavy atom. The van der Waals surface area contributed by atoms with Crippen LogP contribution in [0.4, 0.5) is 11.8 Å². The SMILES string of the molecule is CCNc1nc(NCCS(=O)CC)c2cc(C)sc2n1. The van der Waals surface area contributed by atoms with Gasteiger partial charge in [0.05, 0.1) is 5.39 Å². The molecule has 0 saturated heterocycles. The van der Waals surface area contributed by atoms with Gasteiger partial charge in [0.2, 0.25) is 5.95 Å². The van der Waals surface area contributed by atoms with Crippen molar-refractivity contribution in [3.63, 3.8) is 0 Å². The lowest BCUT2D eigenvalue weighted by Crippen LogP contribution is -2.14. The lowest BCUT2D eigenvalue weighted by atomic mass is 10.3. The van der Waals surface area contributed by atoms with E-state index in [4.69, 9.17) is 0 Å². The van der Waals surface area contributed by atoms with Gasteiger partial charge >= 0.3 is 0 Å². The minimum absolute atomic E-state index is 0.640. The number of aromatic nitrogens is 2. The predicted octanol–water partition coefficient (Wildman–Crippen LogP) is 2.61. The zero-order chi connectivity index (χ0) is 14.5. The molecule has 0 aliphatic heterocycles. The van der Waals surface area contributed by atoms with Gasteiger partial charge in [0, 0.05) is 40.3 Å². The Bertz CT molecular complexity index is 612. The first-order valence-corrected chi connectivity index (χ1v) is 9.05. The number of hydrogen-bond acceptors (Lipinski definition) is 6. The van der Waals surface area contributed by atoms with Crippen LogP contribution in [0.3, 0.4) is 0 Å². The zero-order valence-electron chi connectivity index (χ0n) is 12.0. The minimum Gasteiger partial charge on any atom is -0.368 e. The second-order valence-electron chi connectivity index (χ2n) is 4.36. The fourth-order valence-electron chi connectivity index (χ4n) is 1.84. The fraction of sp³-hybridized carbons (Fsp3) is 0.538. The molecule has 0 bridgehead atoms. The molecule has 0 spiro atoms. The Balaban J connectivity index is 2.22. The van der Waals surface area contributed by atoms with E-state index in [0.717, 1.165) is 22.6 Å². The first-order chi connectivity index (χ1) is 9.63. The van der Waals surface area contributed by atoms with Gasteiger partial charge in [-0.3, -0.25) is 4.21 Å². The number of fused-ring (bicyclic) bond motifs is 1. The van der Waals surface area contributed by atoms with Gasteiger partial charge in [-0.1, -0.05) is 6.92 Å². The maximum absolute atomic E-state index is 11.5. The number of nitrogens with one attached hydrogen (secondary N) is 2. The second-order valence-corrected chi connectivity index (χ2v) is 7.46. The van der Waals surface area contributed by atoms with Crippen molar-refractivity contribution in [2.24, 2.45) is 0 Å². The van der Waals surface area contributed by atoms with Gasteiger partial charge in [-0.2, -0.15) is 4.98 Å². The summed E-state index contributed by atoms with van der Waals surface area (Å²) < 4.78 is 11.5. The second kappa shape index (κ2) is 6.99. The van der Waals surface area contributed by atoms with Crippen LogP contribution in [0.15, 0.2) is 6.07 Å². The zero-order valence-corrected chi connectivity index (χ0v) is 13.7. The standard InChI is InChI=1S/C13H20N4OS2/c1-4-14-13-16-11(15-6-7-20(18)5-2)10-8-9(3)19-12(10)17-13/h8H,4-7H2,1-3H3,(H2,14,15,16,17). The number of nitrogens with zero attached hydrogens (tertiary/aromatic N) is 2. The van der Waals surface area contributed by atoms with Crippen molar-refractivity contribution < 1.29 is 4.21 Å². The Hall–Kier alpha value is -1.21. The van der Waals surface area contributed by atoms with E-state index in [9.17, 15) is 4.21 Å². The van der Waals surface area contributed by atoms with Crippen LogP contribution in [0.2, 0.25) is 0 Å². The van der Waals surface area contributed by atoms with Crippen molar-refractivity contribution >= 4 is 44.1 Å². The van der Waals surface area contributed by atoms with Crippen LogP contribution in [-0.2, 0) is 10.8 Å². The summed E-state index contributed by atoms with van der Waals surface area (Å²) in [4.78, 5) is 11.2. The van der Waals surface area contributed by atoms with Gasteiger partial charge in [0.1, 0.15) is 10.6 Å². The Morgan fingerprint density at radius 1 is 1.30 bits per heavy atom. The number of anilines is 2. The first-order valence-electron chi connectivity index (χ1n) is 6.75. The summed E-state index contributed by atoms with van der Waals surface area (Å²) in [6.07, 6.45) is 0. The smallest absolute Gasteiger partial charge is 0.226 e.